The van der Waals surface area contributed by atoms with E-state index in [4.69, 9.17) is 16.3 Å². The van der Waals surface area contributed by atoms with Gasteiger partial charge in [-0.2, -0.15) is 4.98 Å². The number of ether oxygens (including phenoxy) is 1. The van der Waals surface area contributed by atoms with Crippen molar-refractivity contribution in [2.45, 2.75) is 32.1 Å². The van der Waals surface area contributed by atoms with Crippen molar-refractivity contribution >= 4 is 11.6 Å². The smallest absolute Gasteiger partial charge is 0.224 e. The molecule has 1 saturated carbocycles. The Balaban J connectivity index is 1.81. The zero-order chi connectivity index (χ0) is 13.2. The molecular formula is C15H15ClN2O. The van der Waals surface area contributed by atoms with Gasteiger partial charge in [-0.3, -0.25) is 0 Å². The first-order valence-electron chi connectivity index (χ1n) is 6.56. The zero-order valence-electron chi connectivity index (χ0n) is 10.8. The van der Waals surface area contributed by atoms with Crippen molar-refractivity contribution < 1.29 is 4.74 Å². The summed E-state index contributed by atoms with van der Waals surface area (Å²) in [6.07, 6.45) is 3.31. The number of hydrogen-bond acceptors (Lipinski definition) is 3. The number of halogens is 1. The molecule has 1 aliphatic rings. The van der Waals surface area contributed by atoms with E-state index in [1.807, 2.05) is 12.1 Å². The van der Waals surface area contributed by atoms with Crippen molar-refractivity contribution in [3.8, 4) is 11.6 Å². The van der Waals surface area contributed by atoms with E-state index in [0.29, 0.717) is 17.0 Å². The van der Waals surface area contributed by atoms with Gasteiger partial charge in [-0.15, -0.1) is 0 Å². The maximum atomic E-state index is 6.00. The molecule has 3 nitrogen and oxygen atoms in total. The van der Waals surface area contributed by atoms with Gasteiger partial charge in [0.1, 0.15) is 16.7 Å². The van der Waals surface area contributed by atoms with Crippen LogP contribution in [0.25, 0.3) is 0 Å². The molecule has 1 heterocycles. The van der Waals surface area contributed by atoms with E-state index in [1.165, 1.54) is 5.56 Å². The van der Waals surface area contributed by atoms with Gasteiger partial charge in [0.05, 0.1) is 0 Å². The molecule has 0 amide bonds. The summed E-state index contributed by atoms with van der Waals surface area (Å²) < 4.78 is 5.74. The van der Waals surface area contributed by atoms with Crippen molar-refractivity contribution in [2.24, 2.45) is 0 Å². The van der Waals surface area contributed by atoms with E-state index in [-0.39, 0.29) is 0 Å². The van der Waals surface area contributed by atoms with E-state index in [0.717, 1.165) is 30.8 Å². The Labute approximate surface area is 117 Å². The van der Waals surface area contributed by atoms with Crippen molar-refractivity contribution in [1.82, 2.24) is 9.97 Å². The molecule has 98 valence electrons. The number of nitrogens with zero attached hydrogens (tertiary/aromatic N) is 2. The lowest BCUT2D eigenvalue weighted by Gasteiger charge is -2.07. The summed E-state index contributed by atoms with van der Waals surface area (Å²) >= 11 is 6.00. The zero-order valence-corrected chi connectivity index (χ0v) is 11.5. The molecular weight excluding hydrogens is 260 g/mol. The third-order valence-electron chi connectivity index (χ3n) is 3.19. The first-order valence-corrected chi connectivity index (χ1v) is 6.93. The molecule has 3 rings (SSSR count). The van der Waals surface area contributed by atoms with Crippen LogP contribution in [-0.4, -0.2) is 9.97 Å². The fourth-order valence-electron chi connectivity index (χ4n) is 1.90. The first-order chi connectivity index (χ1) is 9.24. The lowest BCUT2D eigenvalue weighted by molar-refractivity contribution is 0.458. The summed E-state index contributed by atoms with van der Waals surface area (Å²) in [5, 5.41) is 0.442. The highest BCUT2D eigenvalue weighted by Gasteiger charge is 2.27. The molecule has 19 heavy (non-hydrogen) atoms. The highest BCUT2D eigenvalue weighted by atomic mass is 35.5. The minimum atomic E-state index is 0.442. The highest BCUT2D eigenvalue weighted by molar-refractivity contribution is 6.29. The minimum Gasteiger partial charge on any atom is -0.439 e. The topological polar surface area (TPSA) is 35.0 Å². The van der Waals surface area contributed by atoms with Gasteiger partial charge in [-0.1, -0.05) is 30.7 Å². The lowest BCUT2D eigenvalue weighted by Crippen LogP contribution is -1.96. The average molecular weight is 275 g/mol. The maximum Gasteiger partial charge on any atom is 0.224 e. The van der Waals surface area contributed by atoms with Gasteiger partial charge in [0, 0.05) is 12.0 Å². The first kappa shape index (κ1) is 12.4. The predicted molar refractivity (Wildman–Crippen MR) is 74.9 cm³/mol. The van der Waals surface area contributed by atoms with Crippen LogP contribution in [0.5, 0.6) is 11.6 Å². The third kappa shape index (κ3) is 3.04. The van der Waals surface area contributed by atoms with Gasteiger partial charge in [-0.05, 0) is 37.0 Å². The number of aromatic nitrogens is 2. The fraction of sp³-hybridized carbons (Fsp3) is 0.333. The number of hydrogen-bond donors (Lipinski definition) is 0. The molecule has 0 atom stereocenters. The summed E-state index contributed by atoms with van der Waals surface area (Å²) in [5.41, 5.74) is 1.28. The Morgan fingerprint density at radius 3 is 2.58 bits per heavy atom. The van der Waals surface area contributed by atoms with Gasteiger partial charge in [-0.25, -0.2) is 4.98 Å². The Morgan fingerprint density at radius 1 is 1.21 bits per heavy atom. The largest absolute Gasteiger partial charge is 0.439 e. The molecule has 0 spiro atoms. The molecule has 2 aromatic rings. The molecule has 0 N–H and O–H groups in total. The summed E-state index contributed by atoms with van der Waals surface area (Å²) in [5.74, 6) is 2.55. The van der Waals surface area contributed by atoms with Crippen molar-refractivity contribution in [3.63, 3.8) is 0 Å². The van der Waals surface area contributed by atoms with E-state index in [9.17, 15) is 0 Å². The van der Waals surface area contributed by atoms with E-state index >= 15 is 0 Å². The van der Waals surface area contributed by atoms with Crippen LogP contribution in [0.3, 0.4) is 0 Å². The quantitative estimate of drug-likeness (QED) is 0.777. The van der Waals surface area contributed by atoms with Crippen LogP contribution in [0.1, 0.15) is 37.1 Å². The number of rotatable bonds is 4. The summed E-state index contributed by atoms with van der Waals surface area (Å²) in [6, 6.07) is 9.67. The molecule has 4 heteroatoms. The Kier molecular flexibility index (Phi) is 3.38. The van der Waals surface area contributed by atoms with Crippen LogP contribution < -0.4 is 4.74 Å². The van der Waals surface area contributed by atoms with Crippen LogP contribution in [0.2, 0.25) is 5.15 Å². The van der Waals surface area contributed by atoms with Crippen LogP contribution in [-0.2, 0) is 6.42 Å². The fourth-order valence-corrected chi connectivity index (χ4v) is 2.08. The van der Waals surface area contributed by atoms with Crippen molar-refractivity contribution in [3.05, 3.63) is 46.9 Å². The van der Waals surface area contributed by atoms with Gasteiger partial charge >= 0.3 is 0 Å². The maximum absolute atomic E-state index is 6.00. The number of aryl methyl sites for hydroxylation is 1. The summed E-state index contributed by atoms with van der Waals surface area (Å²) in [6.45, 7) is 2.13. The summed E-state index contributed by atoms with van der Waals surface area (Å²) in [4.78, 5) is 8.65. The van der Waals surface area contributed by atoms with Crippen LogP contribution in [0, 0.1) is 0 Å². The molecule has 1 aliphatic carbocycles. The molecule has 0 unspecified atom stereocenters. The molecule has 0 bridgehead atoms. The molecule has 1 fully saturated rings. The number of benzene rings is 1. The molecule has 0 radical (unpaired) electrons. The van der Waals surface area contributed by atoms with Crippen LogP contribution >= 0.6 is 11.6 Å². The Morgan fingerprint density at radius 2 is 1.95 bits per heavy atom. The van der Waals surface area contributed by atoms with Gasteiger partial charge in [0.2, 0.25) is 5.88 Å². The standard InChI is InChI=1S/C15H15ClN2O/c1-2-10-3-7-12(8-4-10)19-14-9-13(16)17-15(18-14)11-5-6-11/h3-4,7-9,11H,2,5-6H2,1H3. The molecule has 1 aromatic carbocycles. The van der Waals surface area contributed by atoms with E-state index < -0.39 is 0 Å². The summed E-state index contributed by atoms with van der Waals surface area (Å²) in [7, 11) is 0. The third-order valence-corrected chi connectivity index (χ3v) is 3.38. The molecule has 0 aliphatic heterocycles. The second kappa shape index (κ2) is 5.17. The second-order valence-corrected chi connectivity index (χ2v) is 5.15. The van der Waals surface area contributed by atoms with Crippen LogP contribution in [0.4, 0.5) is 0 Å². The van der Waals surface area contributed by atoms with Crippen molar-refractivity contribution in [2.75, 3.05) is 0 Å². The predicted octanol–water partition coefficient (Wildman–Crippen LogP) is 4.36. The SMILES string of the molecule is CCc1ccc(Oc2cc(Cl)nc(C3CC3)n2)cc1. The Bertz CT molecular complexity index is 579. The highest BCUT2D eigenvalue weighted by Crippen LogP contribution is 2.39. The van der Waals surface area contributed by atoms with Crippen LogP contribution in [0.15, 0.2) is 30.3 Å². The van der Waals surface area contributed by atoms with Gasteiger partial charge < -0.3 is 4.74 Å². The molecule has 0 saturated heterocycles. The minimum absolute atomic E-state index is 0.442. The Hall–Kier alpha value is -1.61. The van der Waals surface area contributed by atoms with E-state index in [2.05, 4.69) is 29.0 Å². The van der Waals surface area contributed by atoms with Gasteiger partial charge in [0.25, 0.3) is 0 Å². The lowest BCUT2D eigenvalue weighted by atomic mass is 10.2. The second-order valence-electron chi connectivity index (χ2n) is 4.76. The normalized spacial score (nSPS) is 14.4. The average Bonchev–Trinajstić information content (AvgIpc) is 3.23. The van der Waals surface area contributed by atoms with E-state index in [1.54, 1.807) is 6.07 Å². The van der Waals surface area contributed by atoms with Gasteiger partial charge in [0.15, 0.2) is 0 Å². The van der Waals surface area contributed by atoms with Crippen molar-refractivity contribution in [1.29, 1.82) is 0 Å². The monoisotopic (exact) mass is 274 g/mol. The molecule has 1 aromatic heterocycles.